The summed E-state index contributed by atoms with van der Waals surface area (Å²) in [4.78, 5) is 10.1. The fourth-order valence-electron chi connectivity index (χ4n) is 0.360. The van der Waals surface area contributed by atoms with Crippen LogP contribution >= 0.6 is 0 Å². The van der Waals surface area contributed by atoms with Crippen LogP contribution in [0.1, 0.15) is 0 Å². The van der Waals surface area contributed by atoms with Crippen LogP contribution in [0, 0.1) is 11.3 Å². The zero-order valence-corrected chi connectivity index (χ0v) is 5.95. The van der Waals surface area contributed by atoms with Gasteiger partial charge in [-0.25, -0.2) is 0 Å². The molecule has 1 amide bonds. The summed E-state index contributed by atoms with van der Waals surface area (Å²) >= 11 is 0. The van der Waals surface area contributed by atoms with Gasteiger partial charge in [0, 0.05) is 0 Å². The summed E-state index contributed by atoms with van der Waals surface area (Å²) in [7, 11) is 0. The van der Waals surface area contributed by atoms with Gasteiger partial charge >= 0.3 is 18.0 Å². The van der Waals surface area contributed by atoms with Crippen LogP contribution in [0.2, 0.25) is 0 Å². The molecule has 0 aliphatic heterocycles. The smallest absolute Gasteiger partial charge is 0.337 e. The third-order valence-electron chi connectivity index (χ3n) is 0.969. The highest BCUT2D eigenvalue weighted by Crippen LogP contribution is 2.35. The lowest BCUT2D eigenvalue weighted by atomic mass is 10.3. The van der Waals surface area contributed by atoms with Crippen molar-refractivity contribution in [1.82, 2.24) is 5.32 Å². The Bertz CT molecular complexity index is 240. The Labute approximate surface area is 69.1 Å². The molecule has 0 atom stereocenters. The monoisotopic (exact) mass is 202 g/mol. The lowest BCUT2D eigenvalue weighted by molar-refractivity contribution is -0.269. The number of hydrogen-bond donors (Lipinski definition) is 1. The van der Waals surface area contributed by atoms with E-state index < -0.39 is 24.6 Å². The standard InChI is InChI=1S/C5H3F5N2O/c6-4(7,5(8,9)10)3(13)12-2-1-11/h2H2,(H,12,13). The van der Waals surface area contributed by atoms with E-state index in [0.717, 1.165) is 5.32 Å². The first kappa shape index (κ1) is 11.6. The molecule has 13 heavy (non-hydrogen) atoms. The summed E-state index contributed by atoms with van der Waals surface area (Å²) in [6.45, 7) is -0.898. The Morgan fingerprint density at radius 2 is 1.77 bits per heavy atom. The molecule has 0 radical (unpaired) electrons. The fraction of sp³-hybridized carbons (Fsp3) is 0.600. The van der Waals surface area contributed by atoms with Crippen molar-refractivity contribution in [3.63, 3.8) is 0 Å². The fourth-order valence-corrected chi connectivity index (χ4v) is 0.360. The zero-order valence-electron chi connectivity index (χ0n) is 5.95. The largest absolute Gasteiger partial charge is 0.463 e. The van der Waals surface area contributed by atoms with Crippen molar-refractivity contribution in [3.8, 4) is 6.07 Å². The van der Waals surface area contributed by atoms with Crippen LogP contribution in [-0.2, 0) is 4.79 Å². The van der Waals surface area contributed by atoms with Gasteiger partial charge in [-0.05, 0) is 0 Å². The summed E-state index contributed by atoms with van der Waals surface area (Å²) in [6, 6.07) is 1.19. The van der Waals surface area contributed by atoms with E-state index in [1.54, 1.807) is 0 Å². The molecule has 0 heterocycles. The molecule has 0 unspecified atom stereocenters. The molecule has 8 heteroatoms. The minimum absolute atomic E-state index is 0.898. The highest BCUT2D eigenvalue weighted by molar-refractivity contribution is 5.84. The number of amides is 1. The second kappa shape index (κ2) is 3.55. The summed E-state index contributed by atoms with van der Waals surface area (Å²) in [5.74, 6) is -7.98. The lowest BCUT2D eigenvalue weighted by Gasteiger charge is -2.17. The number of carbonyl (C=O) groups is 1. The molecule has 0 aromatic rings. The molecule has 0 saturated carbocycles. The Hall–Kier alpha value is -1.39. The van der Waals surface area contributed by atoms with Gasteiger partial charge in [0.15, 0.2) is 0 Å². The van der Waals surface area contributed by atoms with Gasteiger partial charge < -0.3 is 5.32 Å². The van der Waals surface area contributed by atoms with Crippen LogP contribution in [0.3, 0.4) is 0 Å². The summed E-state index contributed by atoms with van der Waals surface area (Å²) in [6.07, 6.45) is -5.94. The van der Waals surface area contributed by atoms with Crippen LogP contribution in [0.5, 0.6) is 0 Å². The first-order chi connectivity index (χ1) is 5.73. The highest BCUT2D eigenvalue weighted by Gasteiger charge is 2.63. The third kappa shape index (κ3) is 2.54. The van der Waals surface area contributed by atoms with Crippen molar-refractivity contribution in [2.75, 3.05) is 6.54 Å². The number of halogens is 5. The van der Waals surface area contributed by atoms with Crippen LogP contribution in [0.25, 0.3) is 0 Å². The van der Waals surface area contributed by atoms with Gasteiger partial charge in [0.1, 0.15) is 6.54 Å². The molecule has 0 bridgehead atoms. The second-order valence-corrected chi connectivity index (χ2v) is 1.91. The predicted octanol–water partition coefficient (Wildman–Crippen LogP) is 0.824. The molecule has 0 aromatic heterocycles. The number of carbonyl (C=O) groups excluding carboxylic acids is 1. The number of nitrogens with zero attached hydrogens (tertiary/aromatic N) is 1. The molecule has 1 N–H and O–H groups in total. The molecule has 0 saturated heterocycles. The van der Waals surface area contributed by atoms with Crippen molar-refractivity contribution in [1.29, 1.82) is 5.26 Å². The van der Waals surface area contributed by atoms with E-state index in [-0.39, 0.29) is 0 Å². The quantitative estimate of drug-likeness (QED) is 0.532. The van der Waals surface area contributed by atoms with E-state index in [1.807, 2.05) is 0 Å². The Morgan fingerprint density at radius 1 is 1.31 bits per heavy atom. The van der Waals surface area contributed by atoms with E-state index >= 15 is 0 Å². The topological polar surface area (TPSA) is 52.9 Å². The van der Waals surface area contributed by atoms with E-state index in [0.29, 0.717) is 0 Å². The van der Waals surface area contributed by atoms with Crippen molar-refractivity contribution >= 4 is 5.91 Å². The predicted molar refractivity (Wildman–Crippen MR) is 29.6 cm³/mol. The maximum atomic E-state index is 12.0. The number of hydrogen-bond acceptors (Lipinski definition) is 2. The van der Waals surface area contributed by atoms with Gasteiger partial charge in [-0.2, -0.15) is 27.2 Å². The SMILES string of the molecule is N#CCNC(=O)C(F)(F)C(F)(F)F. The third-order valence-corrected chi connectivity index (χ3v) is 0.969. The Balaban J connectivity index is 4.48. The average Bonchev–Trinajstić information content (AvgIpc) is 1.97. The van der Waals surface area contributed by atoms with Gasteiger partial charge in [0.05, 0.1) is 6.07 Å². The molecule has 0 aromatic carbocycles. The molecule has 0 aliphatic carbocycles. The first-order valence-electron chi connectivity index (χ1n) is 2.83. The number of nitriles is 1. The van der Waals surface area contributed by atoms with Crippen LogP contribution < -0.4 is 5.32 Å². The van der Waals surface area contributed by atoms with Crippen LogP contribution in [0.4, 0.5) is 22.0 Å². The normalized spacial score (nSPS) is 12.0. The highest BCUT2D eigenvalue weighted by atomic mass is 19.4. The molecular weight excluding hydrogens is 199 g/mol. The van der Waals surface area contributed by atoms with E-state index in [2.05, 4.69) is 0 Å². The van der Waals surface area contributed by atoms with E-state index in [1.165, 1.54) is 6.07 Å². The number of rotatable bonds is 2. The molecule has 0 spiro atoms. The minimum Gasteiger partial charge on any atom is -0.337 e. The molecule has 3 nitrogen and oxygen atoms in total. The number of alkyl halides is 5. The summed E-state index contributed by atoms with van der Waals surface area (Å²) in [5.41, 5.74) is 0. The molecule has 0 rings (SSSR count). The average molecular weight is 202 g/mol. The molecule has 0 aliphatic rings. The van der Waals surface area contributed by atoms with E-state index in [4.69, 9.17) is 5.26 Å². The zero-order chi connectivity index (χ0) is 10.7. The minimum atomic E-state index is -5.94. The van der Waals surface area contributed by atoms with Crippen molar-refractivity contribution < 1.29 is 26.7 Å². The lowest BCUT2D eigenvalue weighted by Crippen LogP contribution is -2.50. The van der Waals surface area contributed by atoms with Crippen LogP contribution in [-0.4, -0.2) is 24.6 Å². The summed E-state index contributed by atoms with van der Waals surface area (Å²) in [5, 5.41) is 8.90. The number of nitrogens with one attached hydrogen (secondary N) is 1. The first-order valence-corrected chi connectivity index (χ1v) is 2.83. The summed E-state index contributed by atoms with van der Waals surface area (Å²) < 4.78 is 58.3. The van der Waals surface area contributed by atoms with Gasteiger partial charge in [-0.3, -0.25) is 4.79 Å². The van der Waals surface area contributed by atoms with Gasteiger partial charge in [0.2, 0.25) is 0 Å². The maximum absolute atomic E-state index is 12.0. The van der Waals surface area contributed by atoms with E-state index in [9.17, 15) is 26.7 Å². The van der Waals surface area contributed by atoms with Crippen molar-refractivity contribution in [3.05, 3.63) is 0 Å². The maximum Gasteiger partial charge on any atom is 0.463 e. The molecule has 74 valence electrons. The van der Waals surface area contributed by atoms with Crippen molar-refractivity contribution in [2.24, 2.45) is 0 Å². The molecule has 0 fully saturated rings. The van der Waals surface area contributed by atoms with Gasteiger partial charge in [0.25, 0.3) is 0 Å². The van der Waals surface area contributed by atoms with Gasteiger partial charge in [-0.15, -0.1) is 0 Å². The molecular formula is C5H3F5N2O. The Kier molecular flexibility index (Phi) is 3.17. The van der Waals surface area contributed by atoms with Crippen molar-refractivity contribution in [2.45, 2.75) is 12.1 Å². The second-order valence-electron chi connectivity index (χ2n) is 1.91. The van der Waals surface area contributed by atoms with Crippen LogP contribution in [0.15, 0.2) is 0 Å². The van der Waals surface area contributed by atoms with Gasteiger partial charge in [-0.1, -0.05) is 0 Å². The Morgan fingerprint density at radius 3 is 2.08 bits per heavy atom.